The molecule has 2 amide bonds. The molecule has 0 unspecified atom stereocenters. The van der Waals surface area contributed by atoms with Gasteiger partial charge in [-0.05, 0) is 36.1 Å². The van der Waals surface area contributed by atoms with E-state index >= 15 is 0 Å². The Bertz CT molecular complexity index is 817. The normalized spacial score (nSPS) is 14.6. The summed E-state index contributed by atoms with van der Waals surface area (Å²) in [6, 6.07) is 11.2. The largest absolute Gasteiger partial charge is 0.385 e. The van der Waals surface area contributed by atoms with Gasteiger partial charge in [0.15, 0.2) is 0 Å². The van der Waals surface area contributed by atoms with E-state index in [4.69, 9.17) is 4.74 Å². The first-order chi connectivity index (χ1) is 12.1. The quantitative estimate of drug-likeness (QED) is 0.547. The fourth-order valence-corrected chi connectivity index (χ4v) is 3.79. The number of hydrogen-bond donors (Lipinski definition) is 1. The van der Waals surface area contributed by atoms with Gasteiger partial charge in [-0.15, -0.1) is 11.3 Å². The first kappa shape index (κ1) is 17.8. The summed E-state index contributed by atoms with van der Waals surface area (Å²) in [5.74, 6) is -0.564. The number of imide groups is 1. The Hall–Kier alpha value is -1.96. The van der Waals surface area contributed by atoms with Gasteiger partial charge in [-0.1, -0.05) is 28.1 Å². The van der Waals surface area contributed by atoms with Crippen LogP contribution in [0.3, 0.4) is 0 Å². The van der Waals surface area contributed by atoms with Crippen LogP contribution in [0, 0.1) is 0 Å². The molecule has 1 aromatic carbocycles. The number of carbonyl (C=O) groups excluding carboxylic acids is 2. The van der Waals surface area contributed by atoms with Crippen molar-refractivity contribution in [1.29, 1.82) is 0 Å². The molecule has 2 heterocycles. The van der Waals surface area contributed by atoms with Crippen LogP contribution >= 0.6 is 27.3 Å². The second-order valence-corrected chi connectivity index (χ2v) is 7.33. The number of carbonyl (C=O) groups is 2. The minimum Gasteiger partial charge on any atom is -0.385 e. The Kier molecular flexibility index (Phi) is 5.67. The lowest BCUT2D eigenvalue weighted by Gasteiger charge is -2.14. The topological polar surface area (TPSA) is 58.6 Å². The van der Waals surface area contributed by atoms with Crippen LogP contribution in [0.4, 0.5) is 5.69 Å². The van der Waals surface area contributed by atoms with Gasteiger partial charge in [-0.3, -0.25) is 14.5 Å². The van der Waals surface area contributed by atoms with E-state index in [1.165, 1.54) is 16.2 Å². The van der Waals surface area contributed by atoms with Crippen molar-refractivity contribution < 1.29 is 14.3 Å². The highest BCUT2D eigenvalue weighted by atomic mass is 79.9. The molecule has 25 heavy (non-hydrogen) atoms. The van der Waals surface area contributed by atoms with Crippen molar-refractivity contribution in [3.05, 3.63) is 56.8 Å². The number of nitrogens with one attached hydrogen (secondary N) is 1. The fraction of sp³-hybridized carbons (Fsp3) is 0.222. The number of thiophene rings is 1. The average molecular weight is 421 g/mol. The molecule has 2 aromatic rings. The van der Waals surface area contributed by atoms with Gasteiger partial charge in [-0.2, -0.15) is 0 Å². The number of halogens is 1. The molecule has 0 saturated heterocycles. The monoisotopic (exact) mass is 420 g/mol. The number of amides is 2. The first-order valence-electron chi connectivity index (χ1n) is 7.77. The van der Waals surface area contributed by atoms with Crippen molar-refractivity contribution in [3.63, 3.8) is 0 Å². The van der Waals surface area contributed by atoms with Crippen molar-refractivity contribution >= 4 is 50.3 Å². The van der Waals surface area contributed by atoms with Crippen LogP contribution < -0.4 is 5.32 Å². The van der Waals surface area contributed by atoms with Gasteiger partial charge in [0, 0.05) is 35.3 Å². The Morgan fingerprint density at radius 2 is 2.04 bits per heavy atom. The molecule has 0 bridgehead atoms. The highest BCUT2D eigenvalue weighted by Crippen LogP contribution is 2.33. The van der Waals surface area contributed by atoms with Crippen LogP contribution in [0.2, 0.25) is 0 Å². The molecule has 5 nitrogen and oxygen atoms in total. The molecule has 130 valence electrons. The van der Waals surface area contributed by atoms with Gasteiger partial charge >= 0.3 is 0 Å². The highest BCUT2D eigenvalue weighted by molar-refractivity contribution is 9.10. The second-order valence-electron chi connectivity index (χ2n) is 5.47. The Balaban J connectivity index is 1.94. The molecular formula is C18H17BrN2O3S. The summed E-state index contributed by atoms with van der Waals surface area (Å²) in [6.45, 7) is 0.837. The number of anilines is 1. The molecule has 0 radical (unpaired) electrons. The molecule has 0 spiro atoms. The number of ether oxygens (including phenoxy) is 1. The molecule has 1 aliphatic heterocycles. The van der Waals surface area contributed by atoms with Crippen LogP contribution in [0.15, 0.2) is 51.9 Å². The number of hydrogen-bond acceptors (Lipinski definition) is 5. The lowest BCUT2D eigenvalue weighted by Crippen LogP contribution is -2.33. The molecule has 3 rings (SSSR count). The number of nitrogens with zero attached hydrogens (tertiary/aromatic N) is 1. The van der Waals surface area contributed by atoms with Crippen LogP contribution in [-0.4, -0.2) is 37.0 Å². The first-order valence-corrected chi connectivity index (χ1v) is 9.45. The molecule has 0 aliphatic carbocycles. The van der Waals surface area contributed by atoms with Gasteiger partial charge in [-0.25, -0.2) is 0 Å². The molecule has 1 N–H and O–H groups in total. The zero-order valence-electron chi connectivity index (χ0n) is 13.6. The van der Waals surface area contributed by atoms with Crippen molar-refractivity contribution in [2.75, 3.05) is 25.6 Å². The lowest BCUT2D eigenvalue weighted by molar-refractivity contribution is -0.136. The summed E-state index contributed by atoms with van der Waals surface area (Å²) in [5.41, 5.74) is 1.50. The predicted octanol–water partition coefficient (Wildman–Crippen LogP) is 3.74. The predicted molar refractivity (Wildman–Crippen MR) is 102 cm³/mol. The van der Waals surface area contributed by atoms with Crippen LogP contribution in [0.5, 0.6) is 0 Å². The molecule has 0 fully saturated rings. The zero-order valence-corrected chi connectivity index (χ0v) is 16.0. The van der Waals surface area contributed by atoms with Gasteiger partial charge in [0.1, 0.15) is 5.70 Å². The maximum Gasteiger partial charge on any atom is 0.278 e. The third-order valence-corrected chi connectivity index (χ3v) is 5.14. The van der Waals surface area contributed by atoms with Crippen molar-refractivity contribution in [3.8, 4) is 0 Å². The molecule has 7 heteroatoms. The van der Waals surface area contributed by atoms with E-state index in [1.54, 1.807) is 7.11 Å². The number of methoxy groups -OCH3 is 1. The van der Waals surface area contributed by atoms with Crippen LogP contribution in [0.1, 0.15) is 11.3 Å². The van der Waals surface area contributed by atoms with E-state index in [0.29, 0.717) is 30.8 Å². The van der Waals surface area contributed by atoms with Gasteiger partial charge < -0.3 is 10.1 Å². The molecular weight excluding hydrogens is 404 g/mol. The maximum atomic E-state index is 12.8. The van der Waals surface area contributed by atoms with Gasteiger partial charge in [0.05, 0.1) is 5.57 Å². The van der Waals surface area contributed by atoms with Crippen molar-refractivity contribution in [1.82, 2.24) is 4.90 Å². The van der Waals surface area contributed by atoms with Gasteiger partial charge in [0.25, 0.3) is 11.8 Å². The third kappa shape index (κ3) is 3.84. The van der Waals surface area contributed by atoms with E-state index in [1.807, 2.05) is 41.8 Å². The Morgan fingerprint density at radius 3 is 2.72 bits per heavy atom. The minimum atomic E-state index is -0.301. The van der Waals surface area contributed by atoms with E-state index in [2.05, 4.69) is 21.2 Å². The lowest BCUT2D eigenvalue weighted by atomic mass is 10.2. The van der Waals surface area contributed by atoms with E-state index in [-0.39, 0.29) is 11.8 Å². The van der Waals surface area contributed by atoms with Gasteiger partial charge in [0.2, 0.25) is 0 Å². The van der Waals surface area contributed by atoms with E-state index < -0.39 is 0 Å². The molecule has 1 aliphatic rings. The minimum absolute atomic E-state index is 0.263. The summed E-state index contributed by atoms with van der Waals surface area (Å²) in [5, 5.41) is 5.03. The summed E-state index contributed by atoms with van der Waals surface area (Å²) >= 11 is 4.86. The molecule has 1 aromatic heterocycles. The molecule has 0 saturated carbocycles. The van der Waals surface area contributed by atoms with Crippen LogP contribution in [0.25, 0.3) is 5.57 Å². The van der Waals surface area contributed by atoms with Crippen LogP contribution in [-0.2, 0) is 14.3 Å². The maximum absolute atomic E-state index is 12.8. The van der Waals surface area contributed by atoms with E-state index in [9.17, 15) is 9.59 Å². The highest BCUT2D eigenvalue weighted by Gasteiger charge is 2.39. The SMILES string of the molecule is COCCCN1C(=O)C(Nc2cccc(Br)c2)=C(c2cccs2)C1=O. The van der Waals surface area contributed by atoms with E-state index in [0.717, 1.165) is 15.0 Å². The number of rotatable bonds is 7. The summed E-state index contributed by atoms with van der Waals surface area (Å²) < 4.78 is 5.92. The second kappa shape index (κ2) is 7.95. The average Bonchev–Trinajstić information content (AvgIpc) is 3.18. The van der Waals surface area contributed by atoms with Crippen molar-refractivity contribution in [2.24, 2.45) is 0 Å². The molecule has 0 atom stereocenters. The standard InChI is InChI=1S/C18H17BrN2O3S/c1-24-9-4-8-21-17(22)15(14-7-3-10-25-14)16(18(21)23)20-13-6-2-5-12(19)11-13/h2-3,5-7,10-11,20H,4,8-9H2,1H3. The number of benzene rings is 1. The zero-order chi connectivity index (χ0) is 17.8. The summed E-state index contributed by atoms with van der Waals surface area (Å²) in [6.07, 6.45) is 0.607. The smallest absolute Gasteiger partial charge is 0.278 e. The fourth-order valence-electron chi connectivity index (χ4n) is 2.62. The third-order valence-electron chi connectivity index (χ3n) is 3.76. The Labute approximate surface area is 158 Å². The van der Waals surface area contributed by atoms with Crippen molar-refractivity contribution in [2.45, 2.75) is 6.42 Å². The summed E-state index contributed by atoms with van der Waals surface area (Å²) in [4.78, 5) is 27.8. The Morgan fingerprint density at radius 1 is 1.20 bits per heavy atom. The summed E-state index contributed by atoms with van der Waals surface area (Å²) in [7, 11) is 1.60.